The summed E-state index contributed by atoms with van der Waals surface area (Å²) in [7, 11) is 0. The Morgan fingerprint density at radius 1 is 1.33 bits per heavy atom. The van der Waals surface area contributed by atoms with Gasteiger partial charge in [-0.25, -0.2) is 0 Å². The summed E-state index contributed by atoms with van der Waals surface area (Å²) < 4.78 is 5.63. The molecule has 2 aromatic rings. The van der Waals surface area contributed by atoms with E-state index in [1.54, 1.807) is 6.07 Å². The highest BCUT2D eigenvalue weighted by atomic mass is 16.4. The lowest BCUT2D eigenvalue weighted by Gasteiger charge is -2.01. The van der Waals surface area contributed by atoms with Crippen LogP contribution >= 0.6 is 0 Å². The summed E-state index contributed by atoms with van der Waals surface area (Å²) in [6.45, 7) is 4.03. The van der Waals surface area contributed by atoms with Crippen LogP contribution in [0.25, 0.3) is 11.3 Å². The molecular weight excluding hydrogens is 264 g/mol. The van der Waals surface area contributed by atoms with Gasteiger partial charge in [0, 0.05) is 18.1 Å². The molecule has 0 bridgehead atoms. The van der Waals surface area contributed by atoms with Gasteiger partial charge in [-0.05, 0) is 13.3 Å². The van der Waals surface area contributed by atoms with Gasteiger partial charge in [0.1, 0.15) is 17.4 Å². The minimum atomic E-state index is -0.127. The second-order valence-corrected chi connectivity index (χ2v) is 4.98. The number of unbranched alkanes of at least 4 members (excludes halogenated alkanes) is 1. The number of rotatable bonds is 5. The molecule has 21 heavy (non-hydrogen) atoms. The summed E-state index contributed by atoms with van der Waals surface area (Å²) >= 11 is 0. The van der Waals surface area contributed by atoms with Gasteiger partial charge in [0.25, 0.3) is 0 Å². The number of furan rings is 1. The van der Waals surface area contributed by atoms with E-state index in [4.69, 9.17) is 9.68 Å². The van der Waals surface area contributed by atoms with Crippen molar-refractivity contribution in [3.63, 3.8) is 0 Å². The maximum atomic E-state index is 11.7. The van der Waals surface area contributed by atoms with Crippen molar-refractivity contribution in [2.24, 2.45) is 0 Å². The minimum Gasteiger partial charge on any atom is -0.439 e. The maximum absolute atomic E-state index is 11.7. The zero-order valence-corrected chi connectivity index (χ0v) is 12.3. The molecule has 0 saturated heterocycles. The van der Waals surface area contributed by atoms with Crippen LogP contribution < -0.4 is 5.32 Å². The normalized spacial score (nSPS) is 10.1. The molecule has 1 aromatic carbocycles. The number of aryl methyl sites for hydroxylation is 1. The summed E-state index contributed by atoms with van der Waals surface area (Å²) in [6, 6.07) is 11.5. The van der Waals surface area contributed by atoms with Crippen molar-refractivity contribution in [2.45, 2.75) is 33.1 Å². The number of hydrogen-bond acceptors (Lipinski definition) is 3. The fraction of sp³-hybridized carbons (Fsp3) is 0.294. The average molecular weight is 282 g/mol. The van der Waals surface area contributed by atoms with E-state index in [0.29, 0.717) is 17.7 Å². The Bertz CT molecular complexity index is 663. The molecule has 1 amide bonds. The van der Waals surface area contributed by atoms with E-state index in [9.17, 15) is 4.79 Å². The summed E-state index contributed by atoms with van der Waals surface area (Å²) in [4.78, 5) is 11.7. The van der Waals surface area contributed by atoms with Crippen LogP contribution in [0, 0.1) is 18.3 Å². The molecule has 0 radical (unpaired) electrons. The highest BCUT2D eigenvalue weighted by Gasteiger charge is 2.14. The predicted octanol–water partition coefficient (Wildman–Crippen LogP) is 4.26. The second-order valence-electron chi connectivity index (χ2n) is 4.98. The maximum Gasteiger partial charge on any atom is 0.226 e. The molecule has 2 rings (SSSR count). The Morgan fingerprint density at radius 3 is 2.67 bits per heavy atom. The quantitative estimate of drug-likeness (QED) is 0.891. The van der Waals surface area contributed by atoms with Crippen LogP contribution in [-0.4, -0.2) is 5.91 Å². The van der Waals surface area contributed by atoms with Gasteiger partial charge in [-0.15, -0.1) is 0 Å². The third kappa shape index (κ3) is 3.73. The molecule has 0 fully saturated rings. The molecule has 0 aliphatic heterocycles. The number of carbonyl (C=O) groups excluding carboxylic acids is 1. The van der Waals surface area contributed by atoms with Crippen molar-refractivity contribution in [2.75, 3.05) is 5.32 Å². The van der Waals surface area contributed by atoms with E-state index >= 15 is 0 Å². The first-order valence-electron chi connectivity index (χ1n) is 7.05. The van der Waals surface area contributed by atoms with E-state index in [0.717, 1.165) is 24.0 Å². The molecule has 0 unspecified atom stereocenters. The molecule has 0 spiro atoms. The summed E-state index contributed by atoms with van der Waals surface area (Å²) in [5, 5.41) is 11.8. The first-order valence-corrected chi connectivity index (χ1v) is 7.05. The third-order valence-electron chi connectivity index (χ3n) is 3.20. The van der Waals surface area contributed by atoms with Crippen molar-refractivity contribution in [1.29, 1.82) is 5.26 Å². The fourth-order valence-electron chi connectivity index (χ4n) is 1.95. The summed E-state index contributed by atoms with van der Waals surface area (Å²) in [5.41, 5.74) is 2.38. The summed E-state index contributed by atoms with van der Waals surface area (Å²) in [5.74, 6) is 0.685. The second kappa shape index (κ2) is 6.76. The number of anilines is 1. The van der Waals surface area contributed by atoms with Crippen molar-refractivity contribution >= 4 is 11.8 Å². The molecule has 0 aliphatic rings. The lowest BCUT2D eigenvalue weighted by atomic mass is 10.1. The first kappa shape index (κ1) is 14.9. The van der Waals surface area contributed by atoms with E-state index in [-0.39, 0.29) is 11.8 Å². The van der Waals surface area contributed by atoms with Crippen LogP contribution in [0.3, 0.4) is 0 Å². The van der Waals surface area contributed by atoms with Crippen LogP contribution in [0.15, 0.2) is 34.7 Å². The lowest BCUT2D eigenvalue weighted by Crippen LogP contribution is -2.11. The molecule has 0 saturated carbocycles. The molecule has 1 aromatic heterocycles. The topological polar surface area (TPSA) is 66.0 Å². The van der Waals surface area contributed by atoms with Crippen LogP contribution in [0.5, 0.6) is 0 Å². The van der Waals surface area contributed by atoms with Crippen LogP contribution in [0.2, 0.25) is 0 Å². The monoisotopic (exact) mass is 282 g/mol. The SMILES string of the molecule is CCCCC(=O)Nc1oc(-c2ccc(C)cc2)cc1C#N. The van der Waals surface area contributed by atoms with Crippen molar-refractivity contribution < 1.29 is 9.21 Å². The predicted molar refractivity (Wildman–Crippen MR) is 81.8 cm³/mol. The van der Waals surface area contributed by atoms with Gasteiger partial charge < -0.3 is 4.42 Å². The fourth-order valence-corrected chi connectivity index (χ4v) is 1.95. The molecular formula is C17H18N2O2. The van der Waals surface area contributed by atoms with Crippen LogP contribution in [0.4, 0.5) is 5.88 Å². The number of nitrogens with one attached hydrogen (secondary N) is 1. The number of nitrogens with zero attached hydrogens (tertiary/aromatic N) is 1. The number of amides is 1. The molecule has 4 heteroatoms. The first-order chi connectivity index (χ1) is 10.1. The number of benzene rings is 1. The number of carbonyl (C=O) groups is 1. The Kier molecular flexibility index (Phi) is 4.78. The van der Waals surface area contributed by atoms with Gasteiger partial charge in [0.2, 0.25) is 11.8 Å². The van der Waals surface area contributed by atoms with E-state index < -0.39 is 0 Å². The Morgan fingerprint density at radius 2 is 2.05 bits per heavy atom. The van der Waals surface area contributed by atoms with E-state index in [2.05, 4.69) is 11.4 Å². The Labute approximate surface area is 124 Å². The van der Waals surface area contributed by atoms with Gasteiger partial charge in [-0.2, -0.15) is 5.26 Å². The van der Waals surface area contributed by atoms with Crippen molar-refractivity contribution in [3.05, 3.63) is 41.5 Å². The van der Waals surface area contributed by atoms with Crippen molar-refractivity contribution in [3.8, 4) is 17.4 Å². The lowest BCUT2D eigenvalue weighted by molar-refractivity contribution is -0.116. The number of hydrogen-bond donors (Lipinski definition) is 1. The van der Waals surface area contributed by atoms with Gasteiger partial charge in [-0.1, -0.05) is 43.2 Å². The molecule has 1 heterocycles. The van der Waals surface area contributed by atoms with E-state index in [1.165, 1.54) is 0 Å². The van der Waals surface area contributed by atoms with Gasteiger partial charge in [-0.3, -0.25) is 10.1 Å². The Hall–Kier alpha value is -2.54. The molecule has 108 valence electrons. The molecule has 0 atom stereocenters. The zero-order valence-electron chi connectivity index (χ0n) is 12.3. The molecule has 4 nitrogen and oxygen atoms in total. The third-order valence-corrected chi connectivity index (χ3v) is 3.20. The molecule has 1 N–H and O–H groups in total. The number of nitriles is 1. The van der Waals surface area contributed by atoms with E-state index in [1.807, 2.05) is 38.1 Å². The smallest absolute Gasteiger partial charge is 0.226 e. The summed E-state index contributed by atoms with van der Waals surface area (Å²) in [6.07, 6.45) is 2.20. The average Bonchev–Trinajstić information content (AvgIpc) is 2.88. The standard InChI is InChI=1S/C17H18N2O2/c1-3-4-5-16(20)19-17-14(11-18)10-15(21-17)13-8-6-12(2)7-9-13/h6-10H,3-5H2,1-2H3,(H,19,20). The van der Waals surface area contributed by atoms with Gasteiger partial charge in [0.05, 0.1) is 0 Å². The highest BCUT2D eigenvalue weighted by molar-refractivity contribution is 5.91. The van der Waals surface area contributed by atoms with Crippen LogP contribution in [-0.2, 0) is 4.79 Å². The minimum absolute atomic E-state index is 0.127. The van der Waals surface area contributed by atoms with Gasteiger partial charge in [0.15, 0.2) is 0 Å². The highest BCUT2D eigenvalue weighted by Crippen LogP contribution is 2.29. The zero-order chi connectivity index (χ0) is 15.2. The van der Waals surface area contributed by atoms with Gasteiger partial charge >= 0.3 is 0 Å². The van der Waals surface area contributed by atoms with Crippen molar-refractivity contribution in [1.82, 2.24) is 0 Å². The molecule has 0 aliphatic carbocycles. The van der Waals surface area contributed by atoms with Crippen LogP contribution in [0.1, 0.15) is 37.3 Å². The largest absolute Gasteiger partial charge is 0.439 e. The Balaban J connectivity index is 2.21.